The van der Waals surface area contributed by atoms with Crippen LogP contribution in [0, 0.1) is 0 Å². The Bertz CT molecular complexity index is 342. The lowest BCUT2D eigenvalue weighted by Crippen LogP contribution is -2.34. The summed E-state index contributed by atoms with van der Waals surface area (Å²) in [4.78, 5) is 0. The number of benzene rings is 1. The lowest BCUT2D eigenvalue weighted by molar-refractivity contribution is -0.175. The van der Waals surface area contributed by atoms with Gasteiger partial charge in [-0.15, -0.1) is 0 Å². The molecule has 0 saturated carbocycles. The molecular formula is C12H16O5. The second-order valence-corrected chi connectivity index (χ2v) is 4.00. The van der Waals surface area contributed by atoms with Gasteiger partial charge in [0.1, 0.15) is 18.3 Å². The highest BCUT2D eigenvalue weighted by atomic mass is 16.7. The van der Waals surface area contributed by atoms with E-state index in [1.54, 1.807) is 0 Å². The van der Waals surface area contributed by atoms with Crippen molar-refractivity contribution >= 4 is 0 Å². The molecule has 0 bridgehead atoms. The van der Waals surface area contributed by atoms with E-state index >= 15 is 0 Å². The van der Waals surface area contributed by atoms with Crippen LogP contribution < -0.4 is 0 Å². The molecule has 1 aliphatic rings. The van der Waals surface area contributed by atoms with Crippen LogP contribution in [0.25, 0.3) is 0 Å². The summed E-state index contributed by atoms with van der Waals surface area (Å²) in [7, 11) is 0. The summed E-state index contributed by atoms with van der Waals surface area (Å²) in [6, 6.07) is 9.45. The molecule has 5 heteroatoms. The lowest BCUT2D eigenvalue weighted by Gasteiger charge is -2.15. The number of aliphatic hydroxyl groups is 3. The number of hydrogen-bond acceptors (Lipinski definition) is 5. The van der Waals surface area contributed by atoms with Crippen molar-refractivity contribution in [2.45, 2.75) is 31.2 Å². The van der Waals surface area contributed by atoms with Crippen molar-refractivity contribution < 1.29 is 24.8 Å². The van der Waals surface area contributed by atoms with Crippen LogP contribution in [0.2, 0.25) is 0 Å². The Morgan fingerprint density at radius 1 is 1.12 bits per heavy atom. The van der Waals surface area contributed by atoms with Crippen LogP contribution >= 0.6 is 0 Å². The first-order valence-corrected chi connectivity index (χ1v) is 5.50. The fourth-order valence-corrected chi connectivity index (χ4v) is 1.76. The van der Waals surface area contributed by atoms with Crippen molar-refractivity contribution in [1.82, 2.24) is 0 Å². The van der Waals surface area contributed by atoms with Gasteiger partial charge in [-0.05, 0) is 5.56 Å². The highest BCUT2D eigenvalue weighted by molar-refractivity contribution is 5.13. The first-order chi connectivity index (χ1) is 8.22. The highest BCUT2D eigenvalue weighted by Gasteiger charge is 2.42. The average molecular weight is 240 g/mol. The average Bonchev–Trinajstić information content (AvgIpc) is 2.65. The minimum absolute atomic E-state index is 0.285. The largest absolute Gasteiger partial charge is 0.394 e. The molecule has 1 aromatic carbocycles. The molecule has 94 valence electrons. The van der Waals surface area contributed by atoms with E-state index in [1.165, 1.54) is 0 Å². The van der Waals surface area contributed by atoms with Gasteiger partial charge in [0, 0.05) is 0 Å². The summed E-state index contributed by atoms with van der Waals surface area (Å²) in [6.45, 7) is -0.0587. The number of hydrogen-bond donors (Lipinski definition) is 3. The number of aliphatic hydroxyl groups excluding tert-OH is 3. The lowest BCUT2D eigenvalue weighted by atomic mass is 10.1. The molecule has 4 atom stereocenters. The van der Waals surface area contributed by atoms with Crippen molar-refractivity contribution in [2.75, 3.05) is 6.61 Å². The van der Waals surface area contributed by atoms with E-state index in [1.807, 2.05) is 30.3 Å². The zero-order chi connectivity index (χ0) is 12.3. The molecule has 0 radical (unpaired) electrons. The molecule has 1 saturated heterocycles. The molecule has 1 heterocycles. The Labute approximate surface area is 99.2 Å². The third kappa shape index (κ3) is 2.83. The number of ether oxygens (including phenoxy) is 2. The minimum atomic E-state index is -1.13. The molecule has 2 rings (SSSR count). The molecule has 1 aliphatic heterocycles. The standard InChI is InChI=1S/C12H16O5/c13-6-9-10(14)11(15)12(17-9)16-7-8-4-2-1-3-5-8/h1-5,9-15H,6-7H2/t9-,10+,11-,12?/m1/s1. The molecule has 1 aromatic rings. The fourth-order valence-electron chi connectivity index (χ4n) is 1.76. The van der Waals surface area contributed by atoms with Crippen LogP contribution in [-0.2, 0) is 16.1 Å². The van der Waals surface area contributed by atoms with Crippen molar-refractivity contribution in [3.8, 4) is 0 Å². The topological polar surface area (TPSA) is 79.2 Å². The van der Waals surface area contributed by atoms with Crippen LogP contribution in [0.15, 0.2) is 30.3 Å². The predicted molar refractivity (Wildman–Crippen MR) is 59.0 cm³/mol. The highest BCUT2D eigenvalue weighted by Crippen LogP contribution is 2.22. The van der Waals surface area contributed by atoms with Gasteiger partial charge in [-0.3, -0.25) is 0 Å². The summed E-state index contributed by atoms with van der Waals surface area (Å²) in [5.74, 6) is 0. The van der Waals surface area contributed by atoms with Gasteiger partial charge < -0.3 is 24.8 Å². The van der Waals surface area contributed by atoms with Crippen molar-refractivity contribution in [1.29, 1.82) is 0 Å². The quantitative estimate of drug-likeness (QED) is 0.670. The Balaban J connectivity index is 1.88. The molecule has 1 unspecified atom stereocenters. The van der Waals surface area contributed by atoms with Gasteiger partial charge in [0.05, 0.1) is 13.2 Å². The van der Waals surface area contributed by atoms with Gasteiger partial charge in [-0.2, -0.15) is 0 Å². The van der Waals surface area contributed by atoms with E-state index in [0.717, 1.165) is 5.56 Å². The summed E-state index contributed by atoms with van der Waals surface area (Å²) in [5, 5.41) is 28.0. The molecule has 0 amide bonds. The van der Waals surface area contributed by atoms with Gasteiger partial charge in [-0.1, -0.05) is 30.3 Å². The van der Waals surface area contributed by atoms with E-state index in [2.05, 4.69) is 0 Å². The molecule has 3 N–H and O–H groups in total. The molecule has 17 heavy (non-hydrogen) atoms. The van der Waals surface area contributed by atoms with Crippen molar-refractivity contribution in [3.63, 3.8) is 0 Å². The summed E-state index contributed by atoms with van der Waals surface area (Å²) in [6.07, 6.45) is -3.93. The van der Waals surface area contributed by atoms with E-state index in [-0.39, 0.29) is 13.2 Å². The monoisotopic (exact) mass is 240 g/mol. The Morgan fingerprint density at radius 3 is 2.41 bits per heavy atom. The summed E-state index contributed by atoms with van der Waals surface area (Å²) < 4.78 is 10.5. The molecule has 0 aliphatic carbocycles. The smallest absolute Gasteiger partial charge is 0.187 e. The maximum Gasteiger partial charge on any atom is 0.187 e. The van der Waals surface area contributed by atoms with Crippen LogP contribution in [0.1, 0.15) is 5.56 Å². The third-order valence-corrected chi connectivity index (χ3v) is 2.76. The van der Waals surface area contributed by atoms with Crippen molar-refractivity contribution in [2.24, 2.45) is 0 Å². The van der Waals surface area contributed by atoms with Gasteiger partial charge in [0.25, 0.3) is 0 Å². The summed E-state index contributed by atoms with van der Waals surface area (Å²) >= 11 is 0. The maximum atomic E-state index is 9.63. The predicted octanol–water partition coefficient (Wildman–Crippen LogP) is -0.358. The second kappa shape index (κ2) is 5.57. The molecule has 0 spiro atoms. The first-order valence-electron chi connectivity index (χ1n) is 5.50. The molecule has 5 nitrogen and oxygen atoms in total. The summed E-state index contributed by atoms with van der Waals surface area (Å²) in [5.41, 5.74) is 0.949. The van der Waals surface area contributed by atoms with Crippen molar-refractivity contribution in [3.05, 3.63) is 35.9 Å². The van der Waals surface area contributed by atoms with E-state index < -0.39 is 24.6 Å². The van der Waals surface area contributed by atoms with E-state index in [0.29, 0.717) is 0 Å². The Kier molecular flexibility index (Phi) is 4.09. The van der Waals surface area contributed by atoms with Gasteiger partial charge >= 0.3 is 0 Å². The molecule has 0 aromatic heterocycles. The fraction of sp³-hybridized carbons (Fsp3) is 0.500. The Morgan fingerprint density at radius 2 is 1.82 bits per heavy atom. The number of rotatable bonds is 4. The Hall–Kier alpha value is -0.980. The second-order valence-electron chi connectivity index (χ2n) is 4.00. The third-order valence-electron chi connectivity index (χ3n) is 2.76. The first kappa shape index (κ1) is 12.5. The van der Waals surface area contributed by atoms with Crippen LogP contribution in [0.5, 0.6) is 0 Å². The molecule has 1 fully saturated rings. The van der Waals surface area contributed by atoms with E-state index in [9.17, 15) is 10.2 Å². The van der Waals surface area contributed by atoms with E-state index in [4.69, 9.17) is 14.6 Å². The molecular weight excluding hydrogens is 224 g/mol. The van der Waals surface area contributed by atoms with Crippen LogP contribution in [0.4, 0.5) is 0 Å². The van der Waals surface area contributed by atoms with Crippen LogP contribution in [0.3, 0.4) is 0 Å². The SMILES string of the molecule is OC[C@H]1OC(OCc2ccccc2)[C@H](O)[C@H]1O. The zero-order valence-electron chi connectivity index (χ0n) is 9.27. The zero-order valence-corrected chi connectivity index (χ0v) is 9.27. The maximum absolute atomic E-state index is 9.63. The van der Waals surface area contributed by atoms with Crippen LogP contribution in [-0.4, -0.2) is 46.5 Å². The normalized spacial score (nSPS) is 32.9. The van der Waals surface area contributed by atoms with Gasteiger partial charge in [-0.25, -0.2) is 0 Å². The van der Waals surface area contributed by atoms with Gasteiger partial charge in [0.2, 0.25) is 0 Å². The minimum Gasteiger partial charge on any atom is -0.394 e. The van der Waals surface area contributed by atoms with Gasteiger partial charge in [0.15, 0.2) is 6.29 Å².